The van der Waals surface area contributed by atoms with E-state index >= 15 is 0 Å². The number of aliphatic carboxylic acids is 1. The number of nitrogens with zero attached hydrogens (tertiary/aromatic N) is 1. The molecular weight excluding hydrogens is 445 g/mol. The number of aliphatic hydroxyl groups excluding tert-OH is 2. The second kappa shape index (κ2) is 13.7. The van der Waals surface area contributed by atoms with E-state index in [1.165, 1.54) is 12.1 Å². The van der Waals surface area contributed by atoms with Gasteiger partial charge in [-0.3, -0.25) is 9.79 Å². The predicted octanol–water partition coefficient (Wildman–Crippen LogP) is 6.02. The summed E-state index contributed by atoms with van der Waals surface area (Å²) < 4.78 is 13.6. The van der Waals surface area contributed by atoms with Crippen LogP contribution in [0.4, 0.5) is 4.39 Å². The molecule has 0 aromatic heterocycles. The van der Waals surface area contributed by atoms with Crippen molar-refractivity contribution in [3.05, 3.63) is 89.4 Å². The number of benzene rings is 1. The zero-order valence-electron chi connectivity index (χ0n) is 20.7. The number of carboxylic acid groups (broad SMARTS) is 1. The molecule has 0 radical (unpaired) electrons. The highest BCUT2D eigenvalue weighted by atomic mass is 19.1. The van der Waals surface area contributed by atoms with Crippen molar-refractivity contribution in [3.63, 3.8) is 0 Å². The molecule has 2 atom stereocenters. The Morgan fingerprint density at radius 3 is 2.46 bits per heavy atom. The van der Waals surface area contributed by atoms with Gasteiger partial charge < -0.3 is 15.3 Å². The Hall–Kier alpha value is -3.09. The molecule has 1 aromatic carbocycles. The maximum atomic E-state index is 13.6. The van der Waals surface area contributed by atoms with E-state index in [0.717, 1.165) is 40.8 Å². The largest absolute Gasteiger partial charge is 0.481 e. The van der Waals surface area contributed by atoms with Crippen molar-refractivity contribution < 1.29 is 24.5 Å². The van der Waals surface area contributed by atoms with Gasteiger partial charge in [-0.1, -0.05) is 62.9 Å². The lowest BCUT2D eigenvalue weighted by Crippen LogP contribution is -2.19. The minimum Gasteiger partial charge on any atom is -0.481 e. The quantitative estimate of drug-likeness (QED) is 0.402. The number of hydrogen-bond donors (Lipinski definition) is 3. The van der Waals surface area contributed by atoms with E-state index in [1.807, 2.05) is 39.0 Å². The average Bonchev–Trinajstić information content (AvgIpc) is 3.66. The molecule has 1 aliphatic carbocycles. The Kier molecular flexibility index (Phi) is 11.0. The normalized spacial score (nSPS) is 19.4. The number of aliphatic hydroxyl groups is 2. The molecule has 6 heteroatoms. The van der Waals surface area contributed by atoms with Crippen molar-refractivity contribution in [3.8, 4) is 0 Å². The van der Waals surface area contributed by atoms with Gasteiger partial charge in [-0.05, 0) is 48.6 Å². The van der Waals surface area contributed by atoms with Crippen LogP contribution < -0.4 is 0 Å². The van der Waals surface area contributed by atoms with Gasteiger partial charge in [0.1, 0.15) is 5.82 Å². The average molecular weight is 482 g/mol. The van der Waals surface area contributed by atoms with Gasteiger partial charge in [0.25, 0.3) is 0 Å². The highest BCUT2D eigenvalue weighted by molar-refractivity contribution is 6.12. The van der Waals surface area contributed by atoms with Crippen LogP contribution in [0.15, 0.2) is 83.1 Å². The lowest BCUT2D eigenvalue weighted by molar-refractivity contribution is -0.139. The minimum absolute atomic E-state index is 0.0863. The Bertz CT molecular complexity index is 1040. The third-order valence-electron chi connectivity index (χ3n) is 5.65. The smallest absolute Gasteiger partial charge is 0.305 e. The molecule has 0 bridgehead atoms. The first-order valence-corrected chi connectivity index (χ1v) is 12.1. The van der Waals surface area contributed by atoms with Crippen LogP contribution >= 0.6 is 0 Å². The second-order valence-electron chi connectivity index (χ2n) is 8.43. The second-order valence-corrected chi connectivity index (χ2v) is 8.43. The number of aliphatic imine (C=N–C) groups is 1. The Morgan fingerprint density at radius 2 is 1.89 bits per heavy atom. The Labute approximate surface area is 207 Å². The lowest BCUT2D eigenvalue weighted by atomic mass is 9.90. The molecule has 3 N–H and O–H groups in total. The van der Waals surface area contributed by atoms with Crippen molar-refractivity contribution >= 4 is 17.3 Å². The minimum atomic E-state index is -1.14. The SMILES string of the molecule is C=C1N=C(C2CC2)C(/C=C/C(O)CC(O)CC(=O)O)=C(c2ccc(F)cc2)C/C1=C/C=C\C.CC. The fraction of sp³-hybridized carbons (Fsp3) is 0.379. The van der Waals surface area contributed by atoms with Crippen molar-refractivity contribution in [1.82, 2.24) is 0 Å². The molecular formula is C29H36FNO4. The van der Waals surface area contributed by atoms with E-state index in [-0.39, 0.29) is 18.2 Å². The standard InChI is InChI=1S/C27H30FNO4.C2H6/c1-3-4-5-20-14-25(18-8-10-21(28)11-9-18)24(27(19-6-7-19)29-17(20)2)13-12-22(30)15-23(31)16-26(32)33;1-2/h3-5,8-13,19,22-23,30-31H,2,6-7,14-16H2,1H3,(H,32,33);1-2H3/b4-3-,13-12+,20-5-;. The molecule has 0 amide bonds. The van der Waals surface area contributed by atoms with Gasteiger partial charge >= 0.3 is 5.97 Å². The predicted molar refractivity (Wildman–Crippen MR) is 140 cm³/mol. The molecule has 0 spiro atoms. The van der Waals surface area contributed by atoms with E-state index in [9.17, 15) is 19.4 Å². The van der Waals surface area contributed by atoms with E-state index in [4.69, 9.17) is 10.1 Å². The molecule has 1 heterocycles. The summed E-state index contributed by atoms with van der Waals surface area (Å²) in [5.41, 5.74) is 5.16. The Balaban J connectivity index is 0.00000210. The fourth-order valence-corrected chi connectivity index (χ4v) is 3.80. The van der Waals surface area contributed by atoms with Crippen molar-refractivity contribution in [2.24, 2.45) is 10.9 Å². The lowest BCUT2D eigenvalue weighted by Gasteiger charge is -2.15. The van der Waals surface area contributed by atoms with Crippen LogP contribution in [0, 0.1) is 11.7 Å². The van der Waals surface area contributed by atoms with Crippen molar-refractivity contribution in [2.75, 3.05) is 0 Å². The topological polar surface area (TPSA) is 90.1 Å². The van der Waals surface area contributed by atoms with Gasteiger partial charge in [0.05, 0.1) is 30.0 Å². The molecule has 188 valence electrons. The van der Waals surface area contributed by atoms with Crippen molar-refractivity contribution in [1.29, 1.82) is 0 Å². The Morgan fingerprint density at radius 1 is 1.23 bits per heavy atom. The van der Waals surface area contributed by atoms with Gasteiger partial charge in [0.15, 0.2) is 0 Å². The first kappa shape index (κ1) is 28.1. The van der Waals surface area contributed by atoms with Crippen LogP contribution in [0.3, 0.4) is 0 Å². The van der Waals surface area contributed by atoms with Crippen molar-refractivity contribution in [2.45, 2.75) is 65.1 Å². The summed E-state index contributed by atoms with van der Waals surface area (Å²) in [7, 11) is 0. The molecule has 1 aliphatic heterocycles. The number of carboxylic acids is 1. The summed E-state index contributed by atoms with van der Waals surface area (Å²) in [4.78, 5) is 15.6. The monoisotopic (exact) mass is 481 g/mol. The number of rotatable bonds is 9. The van der Waals surface area contributed by atoms with E-state index in [0.29, 0.717) is 12.1 Å². The van der Waals surface area contributed by atoms with E-state index in [2.05, 4.69) is 6.58 Å². The van der Waals surface area contributed by atoms with Gasteiger partial charge in [-0.15, -0.1) is 0 Å². The number of allylic oxidation sites excluding steroid dienone is 7. The maximum absolute atomic E-state index is 13.6. The molecule has 0 saturated heterocycles. The molecule has 1 fully saturated rings. The highest BCUT2D eigenvalue weighted by Gasteiger charge is 2.32. The van der Waals surface area contributed by atoms with Gasteiger partial charge in [0, 0.05) is 24.3 Å². The molecule has 35 heavy (non-hydrogen) atoms. The number of hydrogen-bond acceptors (Lipinski definition) is 4. The fourth-order valence-electron chi connectivity index (χ4n) is 3.80. The summed E-state index contributed by atoms with van der Waals surface area (Å²) in [6.45, 7) is 10.1. The van der Waals surface area contributed by atoms with Crippen LogP contribution in [-0.4, -0.2) is 39.2 Å². The number of carbonyl (C=O) groups is 1. The molecule has 3 rings (SSSR count). The van der Waals surface area contributed by atoms with E-state index < -0.39 is 24.6 Å². The summed E-state index contributed by atoms with van der Waals surface area (Å²) in [6, 6.07) is 6.31. The highest BCUT2D eigenvalue weighted by Crippen LogP contribution is 2.41. The number of halogens is 1. The summed E-state index contributed by atoms with van der Waals surface area (Å²) in [5, 5.41) is 29.1. The van der Waals surface area contributed by atoms with Crippen LogP contribution in [0.25, 0.3) is 5.57 Å². The van der Waals surface area contributed by atoms with Gasteiger partial charge in [0.2, 0.25) is 0 Å². The van der Waals surface area contributed by atoms with Crippen LogP contribution in [0.2, 0.25) is 0 Å². The molecule has 1 aromatic rings. The first-order chi connectivity index (χ1) is 16.8. The third-order valence-corrected chi connectivity index (χ3v) is 5.65. The molecule has 2 aliphatic rings. The maximum Gasteiger partial charge on any atom is 0.305 e. The summed E-state index contributed by atoms with van der Waals surface area (Å²) in [5.74, 6) is -1.16. The van der Waals surface area contributed by atoms with Gasteiger partial charge in [-0.2, -0.15) is 0 Å². The first-order valence-electron chi connectivity index (χ1n) is 12.1. The molecule has 5 nitrogen and oxygen atoms in total. The molecule has 1 saturated carbocycles. The third kappa shape index (κ3) is 8.57. The summed E-state index contributed by atoms with van der Waals surface area (Å²) in [6.07, 6.45) is 9.06. The van der Waals surface area contributed by atoms with Crippen LogP contribution in [0.5, 0.6) is 0 Å². The van der Waals surface area contributed by atoms with Crippen LogP contribution in [-0.2, 0) is 4.79 Å². The zero-order valence-corrected chi connectivity index (χ0v) is 20.7. The molecule has 2 unspecified atom stereocenters. The van der Waals surface area contributed by atoms with Crippen LogP contribution in [0.1, 0.15) is 58.4 Å². The van der Waals surface area contributed by atoms with Gasteiger partial charge in [-0.25, -0.2) is 4.39 Å². The van der Waals surface area contributed by atoms with E-state index in [1.54, 1.807) is 24.3 Å². The zero-order chi connectivity index (χ0) is 26.0. The summed E-state index contributed by atoms with van der Waals surface area (Å²) >= 11 is 0.